The number of aromatic nitrogens is 4. The number of methoxy groups -OCH3 is 2. The lowest BCUT2D eigenvalue weighted by Crippen LogP contribution is -2.44. The molecule has 12 N–H and O–H groups in total. The van der Waals surface area contributed by atoms with Gasteiger partial charge < -0.3 is 56.0 Å². The molecule has 6 rings (SSSR count). The van der Waals surface area contributed by atoms with Gasteiger partial charge in [0, 0.05) is 38.6 Å². The molecule has 0 saturated carbocycles. The van der Waals surface area contributed by atoms with E-state index < -0.39 is 58.7 Å². The van der Waals surface area contributed by atoms with Crippen molar-refractivity contribution in [2.45, 2.75) is 66.6 Å². The monoisotopic (exact) mass is 1100 g/mol. The third-order valence-electron chi connectivity index (χ3n) is 10.0. The number of hydrogen-bond donors (Lipinski definition) is 11. The maximum Gasteiger partial charge on any atom is 0.426 e. The molecule has 0 aliphatic rings. The van der Waals surface area contributed by atoms with Gasteiger partial charge in [0.05, 0.1) is 66.1 Å². The van der Waals surface area contributed by atoms with E-state index in [4.69, 9.17) is 24.8 Å². The molecular formula is C52H62F2N14O11. The zero-order chi connectivity index (χ0) is 58.8. The first-order valence-electron chi connectivity index (χ1n) is 23.5. The Morgan fingerprint density at radius 3 is 1.28 bits per heavy atom. The van der Waals surface area contributed by atoms with E-state index in [9.17, 15) is 42.7 Å². The predicted molar refractivity (Wildman–Crippen MR) is 290 cm³/mol. The summed E-state index contributed by atoms with van der Waals surface area (Å²) in [5.74, 6) is 2.89. The molecule has 0 unspecified atom stereocenters. The Morgan fingerprint density at radius 1 is 0.519 bits per heavy atom. The molecule has 6 aromatic rings. The molecule has 0 radical (unpaired) electrons. The number of aromatic carboxylic acids is 1. The highest BCUT2D eigenvalue weighted by Gasteiger charge is 2.23. The Kier molecular flexibility index (Phi) is 21.6. The molecule has 0 aliphatic heterocycles. The SMILES string of the molecule is CC(C)(C)OC(=O)NN.CNC(=O)c1cnc(Nc2cc(C)c(F)cn2)cc1Nc1cccc(C(=O)NNC(=O)OC(C)(C)C)c1OC.CNC(=O)c1cnc(Nc2cc(C)c(F)cn2)cc1Nc1cccc(C(=O)O)c1OC. The van der Waals surface area contributed by atoms with Crippen LogP contribution in [0.3, 0.4) is 0 Å². The minimum absolute atomic E-state index is 0.0348. The minimum Gasteiger partial charge on any atom is -0.494 e. The zero-order valence-corrected chi connectivity index (χ0v) is 45.2. The number of pyridine rings is 4. The lowest BCUT2D eigenvalue weighted by Gasteiger charge is -2.20. The van der Waals surface area contributed by atoms with Gasteiger partial charge in [-0.05, 0) is 103 Å². The summed E-state index contributed by atoms with van der Waals surface area (Å²) < 4.78 is 47.7. The van der Waals surface area contributed by atoms with Crippen molar-refractivity contribution < 1.29 is 61.6 Å². The number of aryl methyl sites for hydroxylation is 2. The molecule has 25 nitrogen and oxygen atoms in total. The van der Waals surface area contributed by atoms with Crippen LogP contribution in [0.5, 0.6) is 11.5 Å². The van der Waals surface area contributed by atoms with Crippen LogP contribution in [-0.4, -0.2) is 100 Å². The van der Waals surface area contributed by atoms with E-state index in [-0.39, 0.29) is 33.8 Å². The Hall–Kier alpha value is -9.92. The van der Waals surface area contributed by atoms with Crippen molar-refractivity contribution in [3.63, 3.8) is 0 Å². The number of hydrogen-bond acceptors (Lipinski definition) is 19. The topological polar surface area (TPSA) is 345 Å². The number of ether oxygens (including phenoxy) is 4. The van der Waals surface area contributed by atoms with Gasteiger partial charge in [0.1, 0.15) is 51.7 Å². The molecule has 5 amide bonds. The number of anilines is 8. The molecule has 79 heavy (non-hydrogen) atoms. The molecule has 0 saturated heterocycles. The lowest BCUT2D eigenvalue weighted by atomic mass is 10.1. The van der Waals surface area contributed by atoms with E-state index in [0.717, 1.165) is 12.4 Å². The molecular weight excluding hydrogens is 1030 g/mol. The number of nitrogens with zero attached hydrogens (tertiary/aromatic N) is 4. The average Bonchev–Trinajstić information content (AvgIpc) is 3.41. The van der Waals surface area contributed by atoms with Crippen molar-refractivity contribution in [3.8, 4) is 11.5 Å². The van der Waals surface area contributed by atoms with Crippen LogP contribution in [0.15, 0.2) is 85.5 Å². The summed E-state index contributed by atoms with van der Waals surface area (Å²) in [6.07, 6.45) is 3.46. The van der Waals surface area contributed by atoms with E-state index >= 15 is 0 Å². The number of carboxylic acid groups (broad SMARTS) is 1. The normalized spacial score (nSPS) is 10.6. The molecule has 27 heteroatoms. The molecule has 0 atom stereocenters. The number of halogens is 2. The summed E-state index contributed by atoms with van der Waals surface area (Å²) in [7, 11) is 5.69. The maximum absolute atomic E-state index is 13.6. The van der Waals surface area contributed by atoms with Crippen molar-refractivity contribution in [2.75, 3.05) is 49.6 Å². The van der Waals surface area contributed by atoms with Crippen molar-refractivity contribution in [1.29, 1.82) is 0 Å². The number of benzene rings is 2. The number of rotatable bonds is 14. The standard InChI is InChI=1S/C26H30FN7O5.C21H20FN5O4.C5H12N2O2/c1-14-10-20(30-13-17(14)27)32-21-11-19(16(12-29-21)23(35)28-5)31-18-9-7-8-15(22(18)38-6)24(36)33-34-25(37)39-26(2,3)4;1-11-7-17(25-10-14(11)22)27-18-8-16(13(9-24-18)20(28)23-2)26-15-6-4-5-12(21(29)30)19(15)31-3;1-5(2,3)9-4(8)7-6/h7-13H,1-6H3,(H,28,35)(H,33,36)(H,34,37)(H2,29,30,31,32);4-10H,1-3H3,(H,23,28)(H,29,30)(H2,24,25,26,27);6H2,1-3H3,(H,7,8). The first-order chi connectivity index (χ1) is 37.2. The van der Waals surface area contributed by atoms with Gasteiger partial charge in [-0.1, -0.05) is 12.1 Å². The Balaban J connectivity index is 0.000000300. The number of nitrogens with two attached hydrogens (primary N) is 1. The smallest absolute Gasteiger partial charge is 0.426 e. The number of carboxylic acids is 1. The van der Waals surface area contributed by atoms with Crippen LogP contribution in [0.4, 0.5) is 64.4 Å². The molecule has 420 valence electrons. The average molecular weight is 1100 g/mol. The molecule has 4 aromatic heterocycles. The van der Waals surface area contributed by atoms with Gasteiger partial charge >= 0.3 is 18.2 Å². The highest BCUT2D eigenvalue weighted by Crippen LogP contribution is 2.35. The Labute approximate surface area is 453 Å². The summed E-state index contributed by atoms with van der Waals surface area (Å²) >= 11 is 0. The second-order valence-electron chi connectivity index (χ2n) is 18.3. The first-order valence-corrected chi connectivity index (χ1v) is 23.5. The molecule has 0 spiro atoms. The number of nitrogens with one attached hydrogen (secondary N) is 9. The van der Waals surface area contributed by atoms with Crippen molar-refractivity contribution in [1.82, 2.24) is 46.8 Å². The minimum atomic E-state index is -1.15. The molecule has 0 aliphatic carbocycles. The largest absolute Gasteiger partial charge is 0.494 e. The molecule has 0 bridgehead atoms. The van der Waals surface area contributed by atoms with Gasteiger partial charge in [0.15, 0.2) is 11.5 Å². The van der Waals surface area contributed by atoms with E-state index in [1.54, 1.807) is 91.8 Å². The van der Waals surface area contributed by atoms with Crippen LogP contribution >= 0.6 is 0 Å². The van der Waals surface area contributed by atoms with Gasteiger partial charge in [-0.25, -0.2) is 54.4 Å². The van der Waals surface area contributed by atoms with Crippen LogP contribution in [0.25, 0.3) is 0 Å². The fraction of sp³-hybridized carbons (Fsp3) is 0.269. The van der Waals surface area contributed by atoms with Crippen molar-refractivity contribution >= 4 is 81.9 Å². The zero-order valence-electron chi connectivity index (χ0n) is 45.2. The fourth-order valence-corrected chi connectivity index (χ4v) is 6.50. The van der Waals surface area contributed by atoms with Crippen molar-refractivity contribution in [3.05, 3.63) is 130 Å². The number of hydrazine groups is 2. The van der Waals surface area contributed by atoms with Gasteiger partial charge in [0.25, 0.3) is 17.7 Å². The second-order valence-corrected chi connectivity index (χ2v) is 18.3. The first kappa shape index (κ1) is 61.6. The predicted octanol–water partition coefficient (Wildman–Crippen LogP) is 7.81. The van der Waals surface area contributed by atoms with Gasteiger partial charge in [0.2, 0.25) is 0 Å². The third-order valence-corrected chi connectivity index (χ3v) is 10.0. The summed E-state index contributed by atoms with van der Waals surface area (Å²) in [5, 5.41) is 26.6. The number of carbonyl (C=O) groups is 6. The van der Waals surface area contributed by atoms with Crippen LogP contribution in [0.2, 0.25) is 0 Å². The highest BCUT2D eigenvalue weighted by atomic mass is 19.1. The van der Waals surface area contributed by atoms with Crippen LogP contribution in [0, 0.1) is 25.5 Å². The maximum atomic E-state index is 13.6. The molecule has 2 aromatic carbocycles. The highest BCUT2D eigenvalue weighted by molar-refractivity contribution is 6.03. The summed E-state index contributed by atoms with van der Waals surface area (Å²) in [6, 6.07) is 15.5. The Bertz CT molecular complexity index is 3190. The second kappa shape index (κ2) is 27.7. The molecule has 4 heterocycles. The van der Waals surface area contributed by atoms with E-state index in [0.29, 0.717) is 57.1 Å². The number of para-hydroxylation sites is 2. The van der Waals surface area contributed by atoms with Gasteiger partial charge in [-0.3, -0.25) is 25.2 Å². The van der Waals surface area contributed by atoms with E-state index in [1.807, 2.05) is 5.43 Å². The van der Waals surface area contributed by atoms with E-state index in [2.05, 4.69) is 62.7 Å². The van der Waals surface area contributed by atoms with Crippen molar-refractivity contribution in [2.24, 2.45) is 5.84 Å². The van der Waals surface area contributed by atoms with Crippen LogP contribution in [0.1, 0.15) is 94.1 Å². The van der Waals surface area contributed by atoms with Gasteiger partial charge in [-0.15, -0.1) is 0 Å². The molecule has 0 fully saturated rings. The quantitative estimate of drug-likeness (QED) is 0.0281. The third kappa shape index (κ3) is 18.4. The van der Waals surface area contributed by atoms with Crippen LogP contribution in [-0.2, 0) is 9.47 Å². The number of carbonyl (C=O) groups excluding carboxylic acids is 5. The number of amides is 5. The Morgan fingerprint density at radius 2 is 0.911 bits per heavy atom. The fourth-order valence-electron chi connectivity index (χ4n) is 6.50. The van der Waals surface area contributed by atoms with Crippen LogP contribution < -0.4 is 63.5 Å². The summed E-state index contributed by atoms with van der Waals surface area (Å²) in [5.41, 5.74) is 7.78. The van der Waals surface area contributed by atoms with E-state index in [1.165, 1.54) is 65.0 Å². The lowest BCUT2D eigenvalue weighted by molar-refractivity contribution is 0.0481. The summed E-state index contributed by atoms with van der Waals surface area (Å²) in [4.78, 5) is 87.9. The van der Waals surface area contributed by atoms with Gasteiger partial charge in [-0.2, -0.15) is 0 Å². The summed E-state index contributed by atoms with van der Waals surface area (Å²) in [6.45, 7) is 13.6.